The summed E-state index contributed by atoms with van der Waals surface area (Å²) in [5.41, 5.74) is 4.39. The predicted molar refractivity (Wildman–Crippen MR) is 91.9 cm³/mol. The van der Waals surface area contributed by atoms with Crippen LogP contribution in [0.2, 0.25) is 0 Å². The molecule has 2 nitrogen and oxygen atoms in total. The fraction of sp³-hybridized carbons (Fsp3) is 0.300. The highest BCUT2D eigenvalue weighted by Gasteiger charge is 2.43. The summed E-state index contributed by atoms with van der Waals surface area (Å²) in [6, 6.07) is 21.1. The van der Waals surface area contributed by atoms with Gasteiger partial charge in [-0.15, -0.1) is 0 Å². The van der Waals surface area contributed by atoms with E-state index in [0.717, 1.165) is 0 Å². The lowest BCUT2D eigenvalue weighted by Crippen LogP contribution is -2.29. The van der Waals surface area contributed by atoms with Crippen LogP contribution >= 0.6 is 0 Å². The molecular formula is C20H22N2. The Hall–Kier alpha value is -2.22. The van der Waals surface area contributed by atoms with Gasteiger partial charge in [0.2, 0.25) is 0 Å². The summed E-state index contributed by atoms with van der Waals surface area (Å²) in [5, 5.41) is 9.08. The van der Waals surface area contributed by atoms with E-state index in [-0.39, 0.29) is 11.1 Å². The van der Waals surface area contributed by atoms with E-state index in [1.807, 2.05) is 0 Å². The second kappa shape index (κ2) is 5.20. The summed E-state index contributed by atoms with van der Waals surface area (Å²) in [6.45, 7) is 8.58. The molecule has 112 valence electrons. The molecule has 0 aliphatic carbocycles. The van der Waals surface area contributed by atoms with Gasteiger partial charge in [0.15, 0.2) is 0 Å². The van der Waals surface area contributed by atoms with Crippen LogP contribution in [0.25, 0.3) is 5.57 Å². The number of hydrogen-bond acceptors (Lipinski definition) is 2. The van der Waals surface area contributed by atoms with Crippen molar-refractivity contribution in [1.82, 2.24) is 0 Å². The van der Waals surface area contributed by atoms with Crippen molar-refractivity contribution >= 4 is 5.57 Å². The van der Waals surface area contributed by atoms with Crippen LogP contribution in [0.4, 0.5) is 0 Å². The van der Waals surface area contributed by atoms with E-state index in [4.69, 9.17) is 0 Å². The van der Waals surface area contributed by atoms with E-state index in [0.29, 0.717) is 0 Å². The molecule has 2 aromatic rings. The van der Waals surface area contributed by atoms with Crippen LogP contribution in [-0.2, 0) is 0 Å². The smallest absolute Gasteiger partial charge is 0.100 e. The maximum atomic E-state index is 4.54. The Labute approximate surface area is 132 Å². The maximum Gasteiger partial charge on any atom is 0.100 e. The summed E-state index contributed by atoms with van der Waals surface area (Å²) >= 11 is 0. The van der Waals surface area contributed by atoms with Crippen LogP contribution in [0, 0.1) is 0 Å². The van der Waals surface area contributed by atoms with E-state index >= 15 is 0 Å². The zero-order valence-corrected chi connectivity index (χ0v) is 13.7. The topological polar surface area (TPSA) is 24.7 Å². The molecule has 1 aliphatic heterocycles. The van der Waals surface area contributed by atoms with Crippen LogP contribution in [0.3, 0.4) is 0 Å². The maximum absolute atomic E-state index is 4.54. The van der Waals surface area contributed by atoms with Crippen molar-refractivity contribution in [3.05, 3.63) is 77.4 Å². The molecule has 0 atom stereocenters. The first-order valence-corrected chi connectivity index (χ1v) is 7.72. The van der Waals surface area contributed by atoms with Gasteiger partial charge in [-0.3, -0.25) is 0 Å². The molecule has 0 radical (unpaired) electrons. The first-order chi connectivity index (χ1) is 10.4. The van der Waals surface area contributed by atoms with Gasteiger partial charge in [-0.05, 0) is 50.0 Å². The molecule has 0 N–H and O–H groups in total. The van der Waals surface area contributed by atoms with Crippen molar-refractivity contribution < 1.29 is 0 Å². The summed E-state index contributed by atoms with van der Waals surface area (Å²) < 4.78 is 0. The normalized spacial score (nSPS) is 18.5. The molecule has 0 fully saturated rings. The van der Waals surface area contributed by atoms with Crippen molar-refractivity contribution in [2.45, 2.75) is 38.8 Å². The van der Waals surface area contributed by atoms with Crippen molar-refractivity contribution in [2.24, 2.45) is 10.2 Å². The lowest BCUT2D eigenvalue weighted by Gasteiger charge is -2.28. The summed E-state index contributed by atoms with van der Waals surface area (Å²) in [7, 11) is 0. The molecule has 0 saturated carbocycles. The molecule has 22 heavy (non-hydrogen) atoms. The molecule has 0 aromatic heterocycles. The Balaban J connectivity index is 2.34. The first kappa shape index (κ1) is 14.7. The van der Waals surface area contributed by atoms with Crippen LogP contribution in [0.1, 0.15) is 38.8 Å². The predicted octanol–water partition coefficient (Wildman–Crippen LogP) is 5.51. The summed E-state index contributed by atoms with van der Waals surface area (Å²) in [5.74, 6) is 0. The molecule has 2 aromatic carbocycles. The molecule has 0 saturated heterocycles. The Kier molecular flexibility index (Phi) is 3.48. The minimum Gasteiger partial charge on any atom is -0.183 e. The largest absolute Gasteiger partial charge is 0.183 e. The molecule has 3 rings (SSSR count). The molecule has 0 unspecified atom stereocenters. The Bertz CT molecular complexity index is 661. The van der Waals surface area contributed by atoms with Gasteiger partial charge in [-0.25, -0.2) is 0 Å². The summed E-state index contributed by atoms with van der Waals surface area (Å²) in [6.07, 6.45) is 0. The van der Waals surface area contributed by atoms with Gasteiger partial charge in [0.1, 0.15) is 11.1 Å². The van der Waals surface area contributed by atoms with E-state index in [9.17, 15) is 0 Å². The third-order valence-electron chi connectivity index (χ3n) is 4.15. The van der Waals surface area contributed by atoms with Gasteiger partial charge in [0.25, 0.3) is 0 Å². The van der Waals surface area contributed by atoms with Crippen LogP contribution in [0.5, 0.6) is 0 Å². The van der Waals surface area contributed by atoms with Crippen molar-refractivity contribution in [2.75, 3.05) is 0 Å². The summed E-state index contributed by atoms with van der Waals surface area (Å²) in [4.78, 5) is 0. The number of nitrogens with zero attached hydrogens (tertiary/aromatic N) is 2. The molecule has 0 bridgehead atoms. The fourth-order valence-corrected chi connectivity index (χ4v) is 3.38. The molecule has 1 aliphatic rings. The average molecular weight is 290 g/mol. The van der Waals surface area contributed by atoms with E-state index < -0.39 is 0 Å². The zero-order valence-electron chi connectivity index (χ0n) is 13.7. The third-order valence-corrected chi connectivity index (χ3v) is 4.15. The van der Waals surface area contributed by atoms with Gasteiger partial charge in [0, 0.05) is 0 Å². The van der Waals surface area contributed by atoms with Gasteiger partial charge in [0.05, 0.1) is 0 Å². The average Bonchev–Trinajstić information content (AvgIpc) is 2.73. The van der Waals surface area contributed by atoms with Gasteiger partial charge in [-0.1, -0.05) is 60.7 Å². The monoisotopic (exact) mass is 290 g/mol. The highest BCUT2D eigenvalue weighted by atomic mass is 15.2. The second-order valence-corrected chi connectivity index (χ2v) is 6.80. The number of rotatable bonds is 2. The first-order valence-electron chi connectivity index (χ1n) is 7.72. The van der Waals surface area contributed by atoms with E-state index in [2.05, 4.69) is 98.6 Å². The van der Waals surface area contributed by atoms with Gasteiger partial charge >= 0.3 is 0 Å². The van der Waals surface area contributed by atoms with E-state index in [1.165, 1.54) is 22.3 Å². The van der Waals surface area contributed by atoms with Crippen molar-refractivity contribution in [1.29, 1.82) is 0 Å². The number of hydrogen-bond donors (Lipinski definition) is 0. The quantitative estimate of drug-likeness (QED) is 0.696. The Morgan fingerprint density at radius 2 is 1.00 bits per heavy atom. The van der Waals surface area contributed by atoms with Gasteiger partial charge < -0.3 is 0 Å². The van der Waals surface area contributed by atoms with Crippen molar-refractivity contribution in [3.8, 4) is 0 Å². The number of azo groups is 1. The highest BCUT2D eigenvalue weighted by Crippen LogP contribution is 2.46. The molecule has 0 amide bonds. The SMILES string of the molecule is CC1(C)N=NC(C)(C)C1=C(c1ccccc1)c1ccccc1. The highest BCUT2D eigenvalue weighted by molar-refractivity contribution is 5.84. The second-order valence-electron chi connectivity index (χ2n) is 6.80. The third kappa shape index (κ3) is 2.50. The van der Waals surface area contributed by atoms with E-state index in [1.54, 1.807) is 0 Å². The molecule has 2 heteroatoms. The molecule has 1 heterocycles. The Morgan fingerprint density at radius 3 is 1.36 bits per heavy atom. The zero-order chi connectivity index (χ0) is 15.8. The lowest BCUT2D eigenvalue weighted by molar-refractivity contribution is 0.579. The number of benzene rings is 2. The van der Waals surface area contributed by atoms with Crippen LogP contribution < -0.4 is 0 Å². The minimum atomic E-state index is -0.287. The molecule has 0 spiro atoms. The minimum absolute atomic E-state index is 0.287. The Morgan fingerprint density at radius 1 is 0.636 bits per heavy atom. The van der Waals surface area contributed by atoms with Gasteiger partial charge in [-0.2, -0.15) is 10.2 Å². The fourth-order valence-electron chi connectivity index (χ4n) is 3.38. The molecular weight excluding hydrogens is 268 g/mol. The standard InChI is InChI=1S/C20H22N2/c1-19(2)18(20(3,4)22-21-19)17(15-11-7-5-8-12-15)16-13-9-6-10-14-16/h5-14H,1-4H3. The van der Waals surface area contributed by atoms with Crippen LogP contribution in [-0.4, -0.2) is 11.1 Å². The lowest BCUT2D eigenvalue weighted by atomic mass is 9.76. The van der Waals surface area contributed by atoms with Crippen molar-refractivity contribution in [3.63, 3.8) is 0 Å². The van der Waals surface area contributed by atoms with Crippen LogP contribution in [0.15, 0.2) is 76.5 Å².